The molecule has 0 unspecified atom stereocenters. The summed E-state index contributed by atoms with van der Waals surface area (Å²) in [6.07, 6.45) is 4.00. The first kappa shape index (κ1) is 21.3. The Bertz CT molecular complexity index is 781. The van der Waals surface area contributed by atoms with Gasteiger partial charge in [0.1, 0.15) is 0 Å². The molecule has 0 aromatic heterocycles. The van der Waals surface area contributed by atoms with Crippen molar-refractivity contribution >= 4 is 12.0 Å². The van der Waals surface area contributed by atoms with Gasteiger partial charge in [0, 0.05) is 25.6 Å². The van der Waals surface area contributed by atoms with Gasteiger partial charge in [0.2, 0.25) is 5.91 Å². The Morgan fingerprint density at radius 2 is 1.69 bits per heavy atom. The molecule has 2 aromatic rings. The van der Waals surface area contributed by atoms with Crippen LogP contribution in [0.15, 0.2) is 66.2 Å². The zero-order chi connectivity index (χ0) is 20.5. The van der Waals surface area contributed by atoms with E-state index in [9.17, 15) is 9.90 Å². The number of nitrogens with zero attached hydrogens (tertiary/aromatic N) is 2. The number of carbonyl (C=O) groups excluding carboxylic acids is 1. The van der Waals surface area contributed by atoms with Crippen LogP contribution in [-0.2, 0) is 11.3 Å². The van der Waals surface area contributed by atoms with E-state index in [4.69, 9.17) is 0 Å². The maximum Gasteiger partial charge on any atom is 0.226 e. The number of amides is 1. The topological polar surface area (TPSA) is 43.8 Å². The molecule has 1 fully saturated rings. The average molecular weight is 393 g/mol. The molecule has 4 nitrogen and oxygen atoms in total. The molecule has 1 amide bonds. The zero-order valence-electron chi connectivity index (χ0n) is 17.3. The number of rotatable bonds is 8. The third kappa shape index (κ3) is 6.55. The second-order valence-corrected chi connectivity index (χ2v) is 7.92. The summed E-state index contributed by atoms with van der Waals surface area (Å²) >= 11 is 0. The molecule has 29 heavy (non-hydrogen) atoms. The van der Waals surface area contributed by atoms with Crippen molar-refractivity contribution in [2.24, 2.45) is 5.92 Å². The van der Waals surface area contributed by atoms with Crippen molar-refractivity contribution in [1.82, 2.24) is 9.80 Å². The molecule has 1 heterocycles. The zero-order valence-corrected chi connectivity index (χ0v) is 17.3. The summed E-state index contributed by atoms with van der Waals surface area (Å²) in [5.74, 6) is 0.235. The lowest BCUT2D eigenvalue weighted by molar-refractivity contribution is -0.138. The standard InChI is InChI=1S/C25H32N2O2/c1-21(18-22-8-4-2-5-9-22)19-26-14-12-24(13-15-26)25(29)27(16-17-28)20-23-10-6-3-7-11-23/h2-11,18,24,28H,12-17,19-20H2,1H3/b21-18+. The molecule has 0 radical (unpaired) electrons. The molecule has 154 valence electrons. The van der Waals surface area contributed by atoms with Crippen molar-refractivity contribution in [3.05, 3.63) is 77.4 Å². The Kier molecular flexibility index (Phi) is 8.03. The van der Waals surface area contributed by atoms with Crippen LogP contribution in [0, 0.1) is 5.92 Å². The van der Waals surface area contributed by atoms with Gasteiger partial charge < -0.3 is 10.0 Å². The summed E-state index contributed by atoms with van der Waals surface area (Å²) in [6, 6.07) is 20.4. The van der Waals surface area contributed by atoms with Crippen molar-refractivity contribution in [2.75, 3.05) is 32.8 Å². The molecule has 1 aliphatic rings. The number of likely N-dealkylation sites (tertiary alicyclic amines) is 1. The molecule has 0 aliphatic carbocycles. The minimum atomic E-state index is 0.000887. The van der Waals surface area contributed by atoms with Crippen LogP contribution in [0.4, 0.5) is 0 Å². The van der Waals surface area contributed by atoms with Crippen LogP contribution in [0.1, 0.15) is 30.9 Å². The van der Waals surface area contributed by atoms with Crippen LogP contribution >= 0.6 is 0 Å². The number of piperidine rings is 1. The first-order chi connectivity index (χ1) is 14.2. The minimum Gasteiger partial charge on any atom is -0.395 e. The second-order valence-electron chi connectivity index (χ2n) is 7.92. The van der Waals surface area contributed by atoms with Crippen LogP contribution in [-0.4, -0.2) is 53.6 Å². The quantitative estimate of drug-likeness (QED) is 0.743. The maximum atomic E-state index is 13.0. The summed E-state index contributed by atoms with van der Waals surface area (Å²) in [5, 5.41) is 9.42. The first-order valence-corrected chi connectivity index (χ1v) is 10.5. The van der Waals surface area contributed by atoms with Crippen molar-refractivity contribution in [3.8, 4) is 0 Å². The van der Waals surface area contributed by atoms with E-state index in [1.807, 2.05) is 41.3 Å². The minimum absolute atomic E-state index is 0.000887. The Morgan fingerprint density at radius 3 is 2.31 bits per heavy atom. The van der Waals surface area contributed by atoms with E-state index in [-0.39, 0.29) is 18.4 Å². The van der Waals surface area contributed by atoms with E-state index in [1.54, 1.807) is 0 Å². The Morgan fingerprint density at radius 1 is 1.07 bits per heavy atom. The second kappa shape index (κ2) is 10.9. The van der Waals surface area contributed by atoms with Crippen LogP contribution in [0.3, 0.4) is 0 Å². The number of hydrogen-bond acceptors (Lipinski definition) is 3. The third-order valence-corrected chi connectivity index (χ3v) is 5.52. The van der Waals surface area contributed by atoms with Crippen LogP contribution in [0.25, 0.3) is 6.08 Å². The van der Waals surface area contributed by atoms with Gasteiger partial charge in [0.05, 0.1) is 6.61 Å². The molecule has 3 rings (SSSR count). The van der Waals surface area contributed by atoms with Gasteiger partial charge >= 0.3 is 0 Å². The van der Waals surface area contributed by atoms with Crippen molar-refractivity contribution < 1.29 is 9.90 Å². The molecule has 4 heteroatoms. The van der Waals surface area contributed by atoms with Crippen LogP contribution in [0.5, 0.6) is 0 Å². The van der Waals surface area contributed by atoms with E-state index in [0.717, 1.165) is 38.0 Å². The molecule has 0 saturated carbocycles. The fraction of sp³-hybridized carbons (Fsp3) is 0.400. The van der Waals surface area contributed by atoms with Crippen LogP contribution in [0.2, 0.25) is 0 Å². The fourth-order valence-corrected chi connectivity index (χ4v) is 4.02. The van der Waals surface area contributed by atoms with E-state index < -0.39 is 0 Å². The lowest BCUT2D eigenvalue weighted by Gasteiger charge is -2.34. The molecular formula is C25H32N2O2. The lowest BCUT2D eigenvalue weighted by atomic mass is 9.94. The van der Waals surface area contributed by atoms with Gasteiger partial charge in [-0.25, -0.2) is 0 Å². The van der Waals surface area contributed by atoms with Crippen molar-refractivity contribution in [3.63, 3.8) is 0 Å². The number of aliphatic hydroxyl groups excluding tert-OH is 1. The largest absolute Gasteiger partial charge is 0.395 e. The summed E-state index contributed by atoms with van der Waals surface area (Å²) < 4.78 is 0. The number of benzene rings is 2. The van der Waals surface area contributed by atoms with Gasteiger partial charge in [-0.1, -0.05) is 72.3 Å². The summed E-state index contributed by atoms with van der Waals surface area (Å²) in [4.78, 5) is 17.3. The van der Waals surface area contributed by atoms with E-state index in [2.05, 4.69) is 42.2 Å². The van der Waals surface area contributed by atoms with E-state index >= 15 is 0 Å². The highest BCUT2D eigenvalue weighted by Gasteiger charge is 2.28. The van der Waals surface area contributed by atoms with E-state index in [1.165, 1.54) is 11.1 Å². The number of aliphatic hydroxyl groups is 1. The molecular weight excluding hydrogens is 360 g/mol. The van der Waals surface area contributed by atoms with Gasteiger partial charge in [-0.15, -0.1) is 0 Å². The van der Waals surface area contributed by atoms with Gasteiger partial charge in [-0.2, -0.15) is 0 Å². The molecule has 1 aliphatic heterocycles. The van der Waals surface area contributed by atoms with Gasteiger partial charge in [0.25, 0.3) is 0 Å². The smallest absolute Gasteiger partial charge is 0.226 e. The number of carbonyl (C=O) groups is 1. The Balaban J connectivity index is 1.52. The Hall–Kier alpha value is -2.43. The predicted octanol–water partition coefficient (Wildman–Crippen LogP) is 3.82. The normalized spacial score (nSPS) is 16.0. The Labute approximate surface area is 174 Å². The fourth-order valence-electron chi connectivity index (χ4n) is 4.02. The molecule has 1 N–H and O–H groups in total. The summed E-state index contributed by atoms with van der Waals surface area (Å²) in [6.45, 7) is 5.96. The summed E-state index contributed by atoms with van der Waals surface area (Å²) in [7, 11) is 0. The van der Waals surface area contributed by atoms with Crippen LogP contribution < -0.4 is 0 Å². The number of hydrogen-bond donors (Lipinski definition) is 1. The molecule has 0 spiro atoms. The van der Waals surface area contributed by atoms with Crippen molar-refractivity contribution in [1.29, 1.82) is 0 Å². The third-order valence-electron chi connectivity index (χ3n) is 5.52. The lowest BCUT2D eigenvalue weighted by Crippen LogP contribution is -2.43. The monoisotopic (exact) mass is 392 g/mol. The van der Waals surface area contributed by atoms with Gasteiger partial charge in [-0.3, -0.25) is 9.69 Å². The molecule has 2 aromatic carbocycles. The SMILES string of the molecule is C/C(=C\c1ccccc1)CN1CCC(C(=O)N(CCO)Cc2ccccc2)CC1. The first-order valence-electron chi connectivity index (χ1n) is 10.5. The van der Waals surface area contributed by atoms with Crippen molar-refractivity contribution in [2.45, 2.75) is 26.3 Å². The average Bonchev–Trinajstić information content (AvgIpc) is 2.75. The van der Waals surface area contributed by atoms with Gasteiger partial charge in [0.15, 0.2) is 0 Å². The molecule has 0 atom stereocenters. The van der Waals surface area contributed by atoms with Gasteiger partial charge in [-0.05, 0) is 44.0 Å². The highest BCUT2D eigenvalue weighted by atomic mass is 16.3. The molecule has 0 bridgehead atoms. The highest BCUT2D eigenvalue weighted by Crippen LogP contribution is 2.22. The predicted molar refractivity (Wildman–Crippen MR) is 118 cm³/mol. The molecule has 1 saturated heterocycles. The highest BCUT2D eigenvalue weighted by molar-refractivity contribution is 5.79. The summed E-state index contributed by atoms with van der Waals surface area (Å²) in [5.41, 5.74) is 3.68. The maximum absolute atomic E-state index is 13.0. The van der Waals surface area contributed by atoms with E-state index in [0.29, 0.717) is 13.1 Å².